The minimum absolute atomic E-state index is 0.0123. The van der Waals surface area contributed by atoms with Gasteiger partial charge in [-0.1, -0.05) is 17.7 Å². The molecule has 0 aliphatic carbocycles. The van der Waals surface area contributed by atoms with Gasteiger partial charge in [0.15, 0.2) is 0 Å². The summed E-state index contributed by atoms with van der Waals surface area (Å²) in [6.45, 7) is 1.57. The number of nitrogens with one attached hydrogen (secondary N) is 1. The van der Waals surface area contributed by atoms with E-state index < -0.39 is 5.82 Å². The zero-order chi connectivity index (χ0) is 12.1. The topological polar surface area (TPSA) is 46.2 Å². The van der Waals surface area contributed by atoms with Gasteiger partial charge in [-0.2, -0.15) is 0 Å². The summed E-state index contributed by atoms with van der Waals surface area (Å²) in [5, 5.41) is 2.55. The number of halogens is 2. The van der Waals surface area contributed by atoms with Crippen LogP contribution >= 0.6 is 11.6 Å². The van der Waals surface area contributed by atoms with Crippen molar-refractivity contribution in [2.75, 3.05) is 0 Å². The Hall–Kier alpha value is -1.42. The lowest BCUT2D eigenvalue weighted by molar-refractivity contribution is -0.127. The highest BCUT2D eigenvalue weighted by Crippen LogP contribution is 2.15. The molecule has 86 valence electrons. The van der Waals surface area contributed by atoms with E-state index in [4.69, 9.17) is 11.6 Å². The average Bonchev–Trinajstić information content (AvgIpc) is 2.19. The van der Waals surface area contributed by atoms with Gasteiger partial charge in [0.05, 0.1) is 11.4 Å². The molecule has 5 heteroatoms. The Bertz CT molecular complexity index is 420. The highest BCUT2D eigenvalue weighted by Gasteiger charge is 2.05. The first-order valence-electron chi connectivity index (χ1n) is 4.69. The molecule has 3 nitrogen and oxygen atoms in total. The maximum Gasteiger partial charge on any atom is 0.227 e. The van der Waals surface area contributed by atoms with Crippen LogP contribution in [-0.4, -0.2) is 11.7 Å². The van der Waals surface area contributed by atoms with E-state index in [9.17, 15) is 14.0 Å². The van der Waals surface area contributed by atoms with Crippen molar-refractivity contribution < 1.29 is 14.0 Å². The molecule has 0 saturated heterocycles. The second-order valence-corrected chi connectivity index (χ2v) is 3.81. The Morgan fingerprint density at radius 1 is 1.44 bits per heavy atom. The lowest BCUT2D eigenvalue weighted by Crippen LogP contribution is -2.24. The molecule has 0 atom stereocenters. The first kappa shape index (κ1) is 12.6. The van der Waals surface area contributed by atoms with E-state index >= 15 is 0 Å². The summed E-state index contributed by atoms with van der Waals surface area (Å²) in [4.78, 5) is 21.8. The molecule has 0 radical (unpaired) electrons. The van der Waals surface area contributed by atoms with Crippen LogP contribution in [0.5, 0.6) is 0 Å². The standard InChI is InChI=1S/C11H11ClFNO2/c1-7(15)4-11(16)14-6-8-2-3-10(13)9(12)5-8/h2-3,5H,4,6H2,1H3,(H,14,16). The van der Waals surface area contributed by atoms with E-state index in [-0.39, 0.29) is 29.7 Å². The first-order valence-corrected chi connectivity index (χ1v) is 5.07. The zero-order valence-corrected chi connectivity index (χ0v) is 9.47. The van der Waals surface area contributed by atoms with E-state index in [2.05, 4.69) is 5.32 Å². The highest BCUT2D eigenvalue weighted by molar-refractivity contribution is 6.30. The van der Waals surface area contributed by atoms with Crippen molar-refractivity contribution in [2.45, 2.75) is 19.9 Å². The highest BCUT2D eigenvalue weighted by atomic mass is 35.5. The molecule has 1 amide bonds. The summed E-state index contributed by atoms with van der Waals surface area (Å²) in [5.41, 5.74) is 0.684. The number of carbonyl (C=O) groups is 2. The number of amides is 1. The Morgan fingerprint density at radius 2 is 2.12 bits per heavy atom. The minimum Gasteiger partial charge on any atom is -0.352 e. The van der Waals surface area contributed by atoms with Crippen molar-refractivity contribution in [2.24, 2.45) is 0 Å². The summed E-state index contributed by atoms with van der Waals surface area (Å²) < 4.78 is 12.8. The van der Waals surface area contributed by atoms with Crippen LogP contribution in [0, 0.1) is 5.82 Å². The van der Waals surface area contributed by atoms with E-state index in [0.29, 0.717) is 5.56 Å². The molecule has 0 spiro atoms. The molecule has 1 N–H and O–H groups in total. The maximum atomic E-state index is 12.8. The van der Waals surface area contributed by atoms with E-state index in [1.54, 1.807) is 0 Å². The molecule has 1 aromatic rings. The monoisotopic (exact) mass is 243 g/mol. The number of ketones is 1. The van der Waals surface area contributed by atoms with Gasteiger partial charge >= 0.3 is 0 Å². The predicted molar refractivity (Wildman–Crippen MR) is 58.6 cm³/mol. The van der Waals surface area contributed by atoms with Gasteiger partial charge in [0, 0.05) is 6.54 Å². The third-order valence-electron chi connectivity index (χ3n) is 1.88. The first-order chi connectivity index (χ1) is 7.49. The molecule has 0 aromatic heterocycles. The second kappa shape index (κ2) is 5.61. The van der Waals surface area contributed by atoms with Gasteiger partial charge in [-0.15, -0.1) is 0 Å². The van der Waals surface area contributed by atoms with Crippen molar-refractivity contribution >= 4 is 23.3 Å². The van der Waals surface area contributed by atoms with Crippen molar-refractivity contribution in [3.63, 3.8) is 0 Å². The van der Waals surface area contributed by atoms with Crippen LogP contribution in [0.2, 0.25) is 5.02 Å². The molecule has 0 heterocycles. The molecule has 0 fully saturated rings. The van der Waals surface area contributed by atoms with Crippen molar-refractivity contribution in [1.82, 2.24) is 5.32 Å². The largest absolute Gasteiger partial charge is 0.352 e. The van der Waals surface area contributed by atoms with Crippen LogP contribution in [0.4, 0.5) is 4.39 Å². The van der Waals surface area contributed by atoms with E-state index in [0.717, 1.165) is 0 Å². The van der Waals surface area contributed by atoms with Crippen LogP contribution in [0.25, 0.3) is 0 Å². The summed E-state index contributed by atoms with van der Waals surface area (Å²) in [6.07, 6.45) is -0.144. The molecule has 0 bridgehead atoms. The number of hydrogen-bond donors (Lipinski definition) is 1. The molecule has 16 heavy (non-hydrogen) atoms. The van der Waals surface area contributed by atoms with Gasteiger partial charge in [0.25, 0.3) is 0 Å². The van der Waals surface area contributed by atoms with E-state index in [1.165, 1.54) is 25.1 Å². The molecule has 0 saturated carbocycles. The smallest absolute Gasteiger partial charge is 0.227 e. The predicted octanol–water partition coefficient (Wildman–Crippen LogP) is 2.07. The number of carbonyl (C=O) groups excluding carboxylic acids is 2. The van der Waals surface area contributed by atoms with Gasteiger partial charge < -0.3 is 5.32 Å². The second-order valence-electron chi connectivity index (χ2n) is 3.40. The number of hydrogen-bond acceptors (Lipinski definition) is 2. The van der Waals surface area contributed by atoms with Crippen LogP contribution in [0.3, 0.4) is 0 Å². The molecule has 0 aliphatic rings. The third-order valence-corrected chi connectivity index (χ3v) is 2.17. The number of benzene rings is 1. The summed E-state index contributed by atoms with van der Waals surface area (Å²) in [5.74, 6) is -1.05. The third kappa shape index (κ3) is 3.98. The van der Waals surface area contributed by atoms with Crippen LogP contribution in [0.15, 0.2) is 18.2 Å². The number of rotatable bonds is 4. The van der Waals surface area contributed by atoms with Crippen LogP contribution < -0.4 is 5.32 Å². The molecular formula is C11H11ClFNO2. The Balaban J connectivity index is 2.51. The van der Waals surface area contributed by atoms with Gasteiger partial charge in [0.1, 0.15) is 11.6 Å². The molecular weight excluding hydrogens is 233 g/mol. The lowest BCUT2D eigenvalue weighted by atomic mass is 10.2. The fourth-order valence-corrected chi connectivity index (χ4v) is 1.34. The van der Waals surface area contributed by atoms with Crippen molar-refractivity contribution in [3.05, 3.63) is 34.6 Å². The Labute approximate surface area is 97.6 Å². The molecule has 0 aliphatic heterocycles. The summed E-state index contributed by atoms with van der Waals surface area (Å²) >= 11 is 5.57. The minimum atomic E-state index is -0.500. The Morgan fingerprint density at radius 3 is 2.69 bits per heavy atom. The lowest BCUT2D eigenvalue weighted by Gasteiger charge is -2.04. The van der Waals surface area contributed by atoms with Gasteiger partial charge in [-0.25, -0.2) is 4.39 Å². The van der Waals surface area contributed by atoms with Gasteiger partial charge in [-0.3, -0.25) is 9.59 Å². The fraction of sp³-hybridized carbons (Fsp3) is 0.273. The SMILES string of the molecule is CC(=O)CC(=O)NCc1ccc(F)c(Cl)c1. The van der Waals surface area contributed by atoms with Crippen molar-refractivity contribution in [3.8, 4) is 0 Å². The van der Waals surface area contributed by atoms with Crippen molar-refractivity contribution in [1.29, 1.82) is 0 Å². The zero-order valence-electron chi connectivity index (χ0n) is 8.72. The van der Waals surface area contributed by atoms with Gasteiger partial charge in [-0.05, 0) is 24.6 Å². The average molecular weight is 244 g/mol. The molecule has 1 rings (SSSR count). The quantitative estimate of drug-likeness (QED) is 0.823. The van der Waals surface area contributed by atoms with Crippen LogP contribution in [0.1, 0.15) is 18.9 Å². The Kier molecular flexibility index (Phi) is 4.43. The fourth-order valence-electron chi connectivity index (χ4n) is 1.14. The normalized spacial score (nSPS) is 9.94. The molecule has 1 aromatic carbocycles. The summed E-state index contributed by atoms with van der Waals surface area (Å²) in [7, 11) is 0. The summed E-state index contributed by atoms with van der Waals surface area (Å²) in [6, 6.07) is 4.19. The molecule has 0 unspecified atom stereocenters. The van der Waals surface area contributed by atoms with E-state index in [1.807, 2.05) is 0 Å². The van der Waals surface area contributed by atoms with Gasteiger partial charge in [0.2, 0.25) is 5.91 Å². The van der Waals surface area contributed by atoms with Crippen LogP contribution in [-0.2, 0) is 16.1 Å². The number of Topliss-reactive ketones (excluding diaryl/α,β-unsaturated/α-hetero) is 1. The maximum absolute atomic E-state index is 12.8.